The van der Waals surface area contributed by atoms with Crippen molar-refractivity contribution in [2.45, 2.75) is 38.8 Å². The number of hydrogen-bond donors (Lipinski definition) is 1. The standard InChI is InChI=1S/C18H29N3/c1-3-4-18-17-6-5-15(13-16(17)7-8-19-18)14-21-11-9-20(2)10-12-21/h5-6,13,18-19H,3-4,7-12,14H2,1-2H3. The van der Waals surface area contributed by atoms with Crippen LogP contribution in [0.3, 0.4) is 0 Å². The van der Waals surface area contributed by atoms with Gasteiger partial charge in [-0.2, -0.15) is 0 Å². The van der Waals surface area contributed by atoms with Crippen LogP contribution < -0.4 is 5.32 Å². The molecular weight excluding hydrogens is 258 g/mol. The molecule has 1 saturated heterocycles. The average Bonchev–Trinajstić information content (AvgIpc) is 2.50. The Morgan fingerprint density at radius 3 is 2.76 bits per heavy atom. The van der Waals surface area contributed by atoms with Crippen molar-refractivity contribution in [1.82, 2.24) is 15.1 Å². The highest BCUT2D eigenvalue weighted by Gasteiger charge is 2.20. The molecule has 0 bridgehead atoms. The van der Waals surface area contributed by atoms with Gasteiger partial charge in [-0.05, 0) is 43.1 Å². The molecule has 2 heterocycles. The molecule has 0 aromatic heterocycles. The summed E-state index contributed by atoms with van der Waals surface area (Å²) in [4.78, 5) is 5.01. The van der Waals surface area contributed by atoms with Crippen LogP contribution in [0.2, 0.25) is 0 Å². The van der Waals surface area contributed by atoms with Crippen molar-refractivity contribution in [3.8, 4) is 0 Å². The van der Waals surface area contributed by atoms with Crippen LogP contribution in [0.15, 0.2) is 18.2 Å². The van der Waals surface area contributed by atoms with E-state index in [4.69, 9.17) is 0 Å². The first-order valence-corrected chi connectivity index (χ1v) is 8.52. The van der Waals surface area contributed by atoms with Gasteiger partial charge in [0.1, 0.15) is 0 Å². The smallest absolute Gasteiger partial charge is 0.0323 e. The fourth-order valence-corrected chi connectivity index (χ4v) is 3.62. The third-order valence-electron chi connectivity index (χ3n) is 4.95. The Morgan fingerprint density at radius 2 is 2.00 bits per heavy atom. The molecule has 3 heteroatoms. The number of fused-ring (bicyclic) bond motifs is 1. The van der Waals surface area contributed by atoms with Crippen molar-refractivity contribution in [3.05, 3.63) is 34.9 Å². The zero-order valence-corrected chi connectivity index (χ0v) is 13.6. The first kappa shape index (κ1) is 15.0. The van der Waals surface area contributed by atoms with Gasteiger partial charge in [0.05, 0.1) is 0 Å². The quantitative estimate of drug-likeness (QED) is 0.917. The first-order valence-electron chi connectivity index (χ1n) is 8.52. The normalized spacial score (nSPS) is 24.0. The van der Waals surface area contributed by atoms with E-state index >= 15 is 0 Å². The molecule has 0 spiro atoms. The number of rotatable bonds is 4. The summed E-state index contributed by atoms with van der Waals surface area (Å²) in [6, 6.07) is 7.79. The maximum Gasteiger partial charge on any atom is 0.0323 e. The second-order valence-corrected chi connectivity index (χ2v) is 6.66. The monoisotopic (exact) mass is 287 g/mol. The minimum atomic E-state index is 0.580. The van der Waals surface area contributed by atoms with Gasteiger partial charge in [-0.15, -0.1) is 0 Å². The van der Waals surface area contributed by atoms with Crippen LogP contribution in [0.1, 0.15) is 42.5 Å². The number of piperazine rings is 1. The van der Waals surface area contributed by atoms with Gasteiger partial charge in [0.15, 0.2) is 0 Å². The van der Waals surface area contributed by atoms with Crippen LogP contribution in [0.4, 0.5) is 0 Å². The minimum Gasteiger partial charge on any atom is -0.310 e. The molecule has 1 unspecified atom stereocenters. The number of nitrogens with zero attached hydrogens (tertiary/aromatic N) is 2. The van der Waals surface area contributed by atoms with Crippen LogP contribution in [0.5, 0.6) is 0 Å². The topological polar surface area (TPSA) is 18.5 Å². The highest BCUT2D eigenvalue weighted by molar-refractivity contribution is 5.36. The van der Waals surface area contributed by atoms with Crippen molar-refractivity contribution in [1.29, 1.82) is 0 Å². The Morgan fingerprint density at radius 1 is 1.19 bits per heavy atom. The van der Waals surface area contributed by atoms with E-state index in [2.05, 4.69) is 47.3 Å². The molecule has 2 aliphatic rings. The van der Waals surface area contributed by atoms with E-state index in [0.29, 0.717) is 6.04 Å². The largest absolute Gasteiger partial charge is 0.310 e. The molecule has 116 valence electrons. The predicted octanol–water partition coefficient (Wildman–Crippen LogP) is 2.42. The Hall–Kier alpha value is -0.900. The Bertz CT molecular complexity index is 464. The van der Waals surface area contributed by atoms with Crippen LogP contribution in [0.25, 0.3) is 0 Å². The molecule has 0 saturated carbocycles. The van der Waals surface area contributed by atoms with Crippen molar-refractivity contribution < 1.29 is 0 Å². The summed E-state index contributed by atoms with van der Waals surface area (Å²) < 4.78 is 0. The van der Waals surface area contributed by atoms with Crippen molar-refractivity contribution in [2.75, 3.05) is 39.8 Å². The lowest BCUT2D eigenvalue weighted by Gasteiger charge is -2.33. The van der Waals surface area contributed by atoms with E-state index in [1.807, 2.05) is 0 Å². The van der Waals surface area contributed by atoms with Gasteiger partial charge in [0, 0.05) is 38.8 Å². The molecule has 1 fully saturated rings. The summed E-state index contributed by atoms with van der Waals surface area (Å²) in [5, 5.41) is 3.67. The zero-order valence-electron chi connectivity index (χ0n) is 13.6. The van der Waals surface area contributed by atoms with Crippen molar-refractivity contribution >= 4 is 0 Å². The summed E-state index contributed by atoms with van der Waals surface area (Å²) in [6.45, 7) is 9.34. The summed E-state index contributed by atoms with van der Waals surface area (Å²) >= 11 is 0. The van der Waals surface area contributed by atoms with E-state index in [1.54, 1.807) is 11.1 Å². The fourth-order valence-electron chi connectivity index (χ4n) is 3.62. The Kier molecular flexibility index (Phi) is 4.94. The predicted molar refractivity (Wildman–Crippen MR) is 88.6 cm³/mol. The lowest BCUT2D eigenvalue weighted by molar-refractivity contribution is 0.148. The molecule has 1 N–H and O–H groups in total. The molecular formula is C18H29N3. The van der Waals surface area contributed by atoms with Gasteiger partial charge in [-0.3, -0.25) is 4.90 Å². The fraction of sp³-hybridized carbons (Fsp3) is 0.667. The summed E-state index contributed by atoms with van der Waals surface area (Å²) in [6.07, 6.45) is 3.69. The van der Waals surface area contributed by atoms with Gasteiger partial charge in [0.25, 0.3) is 0 Å². The van der Waals surface area contributed by atoms with Crippen molar-refractivity contribution in [3.63, 3.8) is 0 Å². The molecule has 3 nitrogen and oxygen atoms in total. The van der Waals surface area contributed by atoms with Gasteiger partial charge in [-0.25, -0.2) is 0 Å². The average molecular weight is 287 g/mol. The zero-order chi connectivity index (χ0) is 14.7. The number of hydrogen-bond acceptors (Lipinski definition) is 3. The minimum absolute atomic E-state index is 0.580. The second kappa shape index (κ2) is 6.91. The molecule has 1 aromatic rings. The molecule has 2 aliphatic heterocycles. The van der Waals surface area contributed by atoms with Gasteiger partial charge < -0.3 is 10.2 Å². The summed E-state index contributed by atoms with van der Waals surface area (Å²) in [5.74, 6) is 0. The molecule has 1 aromatic carbocycles. The molecule has 0 aliphatic carbocycles. The van der Waals surface area contributed by atoms with E-state index in [9.17, 15) is 0 Å². The lowest BCUT2D eigenvalue weighted by Crippen LogP contribution is -2.43. The second-order valence-electron chi connectivity index (χ2n) is 6.66. The lowest BCUT2D eigenvalue weighted by atomic mass is 9.90. The summed E-state index contributed by atoms with van der Waals surface area (Å²) in [7, 11) is 2.22. The third-order valence-corrected chi connectivity index (χ3v) is 4.95. The highest BCUT2D eigenvalue weighted by atomic mass is 15.2. The maximum atomic E-state index is 3.67. The van der Waals surface area contributed by atoms with Crippen LogP contribution in [-0.2, 0) is 13.0 Å². The number of likely N-dealkylation sites (N-methyl/N-ethyl adjacent to an activating group) is 1. The number of nitrogens with one attached hydrogen (secondary N) is 1. The van der Waals surface area contributed by atoms with E-state index < -0.39 is 0 Å². The Labute approximate surface area is 129 Å². The van der Waals surface area contributed by atoms with Crippen LogP contribution >= 0.6 is 0 Å². The molecule has 0 radical (unpaired) electrons. The first-order chi connectivity index (χ1) is 10.3. The van der Waals surface area contributed by atoms with Gasteiger partial charge >= 0.3 is 0 Å². The third kappa shape index (κ3) is 3.65. The van der Waals surface area contributed by atoms with E-state index in [-0.39, 0.29) is 0 Å². The SMILES string of the molecule is CCCC1NCCc2cc(CN3CCN(C)CC3)ccc21. The van der Waals surface area contributed by atoms with E-state index in [1.165, 1.54) is 51.0 Å². The molecule has 1 atom stereocenters. The van der Waals surface area contributed by atoms with Gasteiger partial charge in [0.2, 0.25) is 0 Å². The molecule has 3 rings (SSSR count). The number of benzene rings is 1. The maximum absolute atomic E-state index is 3.67. The molecule has 21 heavy (non-hydrogen) atoms. The van der Waals surface area contributed by atoms with Crippen molar-refractivity contribution in [2.24, 2.45) is 0 Å². The van der Waals surface area contributed by atoms with E-state index in [0.717, 1.165) is 13.1 Å². The van der Waals surface area contributed by atoms with Gasteiger partial charge in [-0.1, -0.05) is 31.5 Å². The summed E-state index contributed by atoms with van der Waals surface area (Å²) in [5.41, 5.74) is 4.62. The Balaban J connectivity index is 1.68. The van der Waals surface area contributed by atoms with Crippen LogP contribution in [0, 0.1) is 0 Å². The van der Waals surface area contributed by atoms with Crippen LogP contribution in [-0.4, -0.2) is 49.6 Å². The highest BCUT2D eigenvalue weighted by Crippen LogP contribution is 2.27. The molecule has 0 amide bonds.